The Morgan fingerprint density at radius 1 is 0.467 bits per heavy atom. The van der Waals surface area contributed by atoms with Crippen molar-refractivity contribution < 1.29 is 163 Å². The maximum absolute atomic E-state index is 15.8. The molecule has 40 nitrogen and oxygen atoms in total. The van der Waals surface area contributed by atoms with E-state index >= 15 is 17.6 Å². The number of nitrogens with zero attached hydrogens (tertiary/aromatic N) is 4. The van der Waals surface area contributed by atoms with Crippen molar-refractivity contribution >= 4 is 120 Å². The van der Waals surface area contributed by atoms with Gasteiger partial charge < -0.3 is 88.1 Å². The molecule has 4 fully saturated rings. The van der Waals surface area contributed by atoms with Gasteiger partial charge in [0.15, 0.2) is 39.2 Å². The molecule has 4 saturated heterocycles. The number of aromatic amines is 3. The first-order valence-corrected chi connectivity index (χ1v) is 42.2. The number of aliphatic hydroxyl groups excluding tert-OH is 8. The molecule has 20 atom stereocenters. The lowest BCUT2D eigenvalue weighted by Gasteiger charge is -2.32. The second-order valence-electron chi connectivity index (χ2n) is 25.7. The summed E-state index contributed by atoms with van der Waals surface area (Å²) in [7, 11) is -18.1. The third-order valence-corrected chi connectivity index (χ3v) is 24.3. The fourth-order valence-electron chi connectivity index (χ4n) is 11.4. The summed E-state index contributed by atoms with van der Waals surface area (Å²) in [5, 5.41) is 85.8. The number of alkyl halides is 4. The van der Waals surface area contributed by atoms with Crippen LogP contribution in [0.15, 0.2) is 149 Å². The van der Waals surface area contributed by atoms with Crippen molar-refractivity contribution in [2.24, 2.45) is 0 Å². The first kappa shape index (κ1) is 82.7. The quantitative estimate of drug-likeness (QED) is 0.0246. The summed E-state index contributed by atoms with van der Waals surface area (Å²) in [5.74, 6) is -14.5. The highest BCUT2D eigenvalue weighted by Gasteiger charge is 2.62. The Morgan fingerprint density at radius 2 is 0.775 bits per heavy atom. The van der Waals surface area contributed by atoms with Crippen molar-refractivity contribution in [1.29, 1.82) is 0 Å². The van der Waals surface area contributed by atoms with E-state index in [0.29, 0.717) is 47.2 Å². The largest absolute Gasteiger partial charge is 0.530 e. The number of ether oxygens (including phenoxy) is 4. The molecule has 0 radical (unpaired) electrons. The molecule has 16 rings (SSSR count). The highest BCUT2D eigenvalue weighted by atomic mass is 35.5. The van der Waals surface area contributed by atoms with Gasteiger partial charge in [-0.05, 0) is 109 Å². The van der Waals surface area contributed by atoms with Gasteiger partial charge in [-0.2, -0.15) is 0 Å². The fourth-order valence-corrected chi connectivity index (χ4v) is 17.7. The summed E-state index contributed by atoms with van der Waals surface area (Å²) in [6.45, 7) is -7.37. The summed E-state index contributed by atoms with van der Waals surface area (Å²) in [5.41, 5.74) is 0.0712. The van der Waals surface area contributed by atoms with Gasteiger partial charge in [-0.3, -0.25) is 84.0 Å². The number of amides is 1. The molecule has 0 spiro atoms. The molecule has 9 aliphatic rings. The number of H-pyrrole nitrogens is 3. The number of fused-ring (bicyclic) bond motifs is 4. The molecular weight excluding hydrogens is 1840 g/mol. The van der Waals surface area contributed by atoms with E-state index < -0.39 is 177 Å². The molecule has 4 aromatic carbocycles. The smallest absolute Gasteiger partial charge is 0.404 e. The molecule has 1 amide bonds. The Kier molecular flexibility index (Phi) is 24.6. The lowest BCUT2D eigenvalue weighted by Crippen LogP contribution is -2.46. The van der Waals surface area contributed by atoms with Crippen LogP contribution in [0.4, 0.5) is 17.6 Å². The molecule has 4 unspecified atom stereocenters. The van der Waals surface area contributed by atoms with Crippen molar-refractivity contribution in [3.63, 3.8) is 0 Å². The topological polar surface area (TPSA) is 524 Å². The second kappa shape index (κ2) is 35.6. The average Bonchev–Trinajstić information content (AvgIpc) is 1.37. The van der Waals surface area contributed by atoms with Gasteiger partial charge in [0.1, 0.15) is 104 Å². The molecule has 648 valence electrons. The molecular formula is C65H62Cl4F4N8O32P4S3. The molecule has 0 saturated carbocycles. The van der Waals surface area contributed by atoms with E-state index in [1.54, 1.807) is 6.07 Å². The predicted octanol–water partition coefficient (Wildman–Crippen LogP) is 8.16. The number of halogens is 8. The van der Waals surface area contributed by atoms with Crippen LogP contribution in [0.2, 0.25) is 20.1 Å². The molecule has 9 aliphatic heterocycles. The molecule has 3 aromatic heterocycles. The minimum Gasteiger partial charge on any atom is -0.404 e. The number of phosphoric acid groups is 4. The van der Waals surface area contributed by atoms with Crippen LogP contribution in [0.25, 0.3) is 0 Å². The minimum absolute atomic E-state index is 0.0121. The van der Waals surface area contributed by atoms with Crippen LogP contribution in [-0.4, -0.2) is 185 Å². The van der Waals surface area contributed by atoms with Crippen molar-refractivity contribution in [2.45, 2.75) is 124 Å². The number of phosphoric ester groups is 4. The van der Waals surface area contributed by atoms with Gasteiger partial charge in [-0.25, -0.2) is 35.8 Å². The van der Waals surface area contributed by atoms with E-state index in [4.69, 9.17) is 165 Å². The highest BCUT2D eigenvalue weighted by Crippen LogP contribution is 2.60. The van der Waals surface area contributed by atoms with Gasteiger partial charge in [0.05, 0.1) is 34.7 Å². The lowest BCUT2D eigenvalue weighted by atomic mass is 10.1. The van der Waals surface area contributed by atoms with Gasteiger partial charge in [0, 0.05) is 91.4 Å². The number of aromatic nitrogens is 6. The zero-order chi connectivity index (χ0) is 92.2. The molecule has 55 heteroatoms. The summed E-state index contributed by atoms with van der Waals surface area (Å²) in [6, 6.07) is 20.4. The summed E-state index contributed by atoms with van der Waals surface area (Å²) in [4.78, 5) is 52.7. The standard InChI is InChI=1S/C17H17ClFN2O8P.3C16H15ClFN2O8PS/c1-9-20-13(22)4-5-21(9)16-14(23)15(24)17(19,28-16)8-27-30(25)26-7-10-6-11(18)2-3-12(10)29-30;3*17-9-1-2-10-8(5-9)6-25-29(24,28-10)26-7-16(18)13(23)12(22)14(27-16)20-4-3-11(21)19-15(20)30/h2-6,14-16,23-24H,1,7-8H2,(H,20,22);3*1-5,12-14,22-23H,6-7H2,(H,19,21,30)/t14-,15+,16-,17-,30?;3*12-,13+,14-,16-,29?/m1111/s1/i8D2,16D;14D;7D2;. The van der Waals surface area contributed by atoms with E-state index in [0.717, 1.165) is 56.6 Å². The zero-order valence-corrected chi connectivity index (χ0v) is 68.5. The number of aliphatic hydroxyl groups is 8. The van der Waals surface area contributed by atoms with E-state index in [9.17, 15) is 78.3 Å². The van der Waals surface area contributed by atoms with E-state index in [1.165, 1.54) is 72.9 Å². The zero-order valence-electron chi connectivity index (χ0n) is 65.5. The van der Waals surface area contributed by atoms with Crippen LogP contribution < -0.4 is 40.1 Å². The van der Waals surface area contributed by atoms with Gasteiger partial charge in [-0.1, -0.05) is 53.0 Å². The molecule has 12 heterocycles. The number of nitrogens with one attached hydrogen (secondary N) is 4. The van der Waals surface area contributed by atoms with Crippen LogP contribution >= 0.6 is 114 Å². The van der Waals surface area contributed by atoms with Crippen LogP contribution in [0.5, 0.6) is 23.0 Å². The SMILES string of the molecule is O=c1ccn([C@@H]2O[C@](F)(COP3(=O)OCc4cc(Cl)ccc4O3)[C@@H](O)[C@H]2O)c(=S)[nH]1.[2H]C([2H])(OP1(=O)OCc2cc(Cl)ccc2O1)[C@@]1(F)O[C@@H](n2ccc(=O)[nH]c2=S)[C@H](O)[C@@H]1O.[2H]C([2H])(OP1(=O)OCc2cc(Cl)ccc2O1)[C@@]1(F)O[C@@]([2H])(N2C=CC(=O)NC2=C)[C@H](O)[C@@H]1O.[2H][C@@]1(n2ccc(=O)[nH]c2=S)O[C@](F)(COP2(=O)OCc3cc(Cl)ccc3O2)[C@@H](O)[C@H]1O. The van der Waals surface area contributed by atoms with E-state index in [1.807, 2.05) is 0 Å². The number of hydrogen-bond acceptors (Lipinski definition) is 36. The molecule has 7 aromatic rings. The van der Waals surface area contributed by atoms with Gasteiger partial charge in [0.2, 0.25) is 0 Å². The number of benzene rings is 4. The average molecular weight is 1910 g/mol. The van der Waals surface area contributed by atoms with Crippen LogP contribution in [0.1, 0.15) is 49.1 Å². The molecule has 0 bridgehead atoms. The maximum atomic E-state index is 15.8. The number of hydrogen-bond donors (Lipinski definition) is 12. The highest BCUT2D eigenvalue weighted by molar-refractivity contribution is 7.71. The summed E-state index contributed by atoms with van der Waals surface area (Å²) < 4.78 is 244. The summed E-state index contributed by atoms with van der Waals surface area (Å²) >= 11 is 38.2. The Morgan fingerprint density at radius 3 is 1.15 bits per heavy atom. The van der Waals surface area contributed by atoms with Crippen molar-refractivity contribution in [2.75, 3.05) is 26.3 Å². The Hall–Kier alpha value is -6.87. The minimum atomic E-state index is -4.81. The Balaban J connectivity index is 0.000000144. The Bertz CT molecular complexity index is 6120. The molecule has 0 aliphatic carbocycles. The van der Waals surface area contributed by atoms with E-state index in [-0.39, 0.29) is 69.6 Å². The third-order valence-electron chi connectivity index (χ3n) is 17.5. The number of rotatable bonds is 16. The first-order chi connectivity index (χ1) is 58.6. The number of carbonyl (C=O) groups excluding carboxylic acids is 1. The molecule has 120 heavy (non-hydrogen) atoms. The van der Waals surface area contributed by atoms with Gasteiger partial charge >= 0.3 is 31.3 Å². The van der Waals surface area contributed by atoms with E-state index in [2.05, 4.69) is 26.8 Å². The van der Waals surface area contributed by atoms with Gasteiger partial charge in [-0.15, -0.1) is 0 Å². The maximum Gasteiger partial charge on any atom is 0.530 e. The van der Waals surface area contributed by atoms with Crippen LogP contribution in [0, 0.1) is 14.3 Å². The van der Waals surface area contributed by atoms with Crippen LogP contribution in [0.3, 0.4) is 0 Å². The predicted molar refractivity (Wildman–Crippen MR) is 406 cm³/mol. The summed E-state index contributed by atoms with van der Waals surface area (Å²) in [6.07, 6.45) is -21.8. The lowest BCUT2D eigenvalue weighted by molar-refractivity contribution is -0.208. The fraction of sp³-hybridized carbons (Fsp3) is 0.369. The van der Waals surface area contributed by atoms with Crippen molar-refractivity contribution in [3.8, 4) is 23.0 Å². The monoisotopic (exact) mass is 1910 g/mol. The molecule has 12 N–H and O–H groups in total. The van der Waals surface area contributed by atoms with Crippen LogP contribution in [-0.2, 0) is 105 Å². The second-order valence-corrected chi connectivity index (χ2v) is 34.9. The van der Waals surface area contributed by atoms with Crippen molar-refractivity contribution in [1.82, 2.24) is 38.9 Å². The van der Waals surface area contributed by atoms with Crippen molar-refractivity contribution in [3.05, 3.63) is 222 Å². The Labute approximate surface area is 713 Å². The normalized spacial score (nSPS) is 36.0. The first-order valence-electron chi connectivity index (χ1n) is 36.6. The third kappa shape index (κ3) is 19.8. The van der Waals surface area contributed by atoms with Gasteiger partial charge in [0.25, 0.3) is 46.0 Å². The number of carbonyl (C=O) groups is 1.